The smallest absolute Gasteiger partial charge is 0.162 e. The zero-order valence-electron chi connectivity index (χ0n) is 10.3. The van der Waals surface area contributed by atoms with E-state index in [0.717, 1.165) is 43.3 Å². The third kappa shape index (κ3) is 2.39. The monoisotopic (exact) mass is 237 g/mol. The lowest BCUT2D eigenvalue weighted by Crippen LogP contribution is -2.43. The van der Waals surface area contributed by atoms with Crippen LogP contribution in [0.5, 0.6) is 11.5 Å². The van der Waals surface area contributed by atoms with Crippen LogP contribution >= 0.6 is 0 Å². The molecule has 5 heteroatoms. The number of nitrogens with two attached hydrogens (primary N) is 1. The van der Waals surface area contributed by atoms with Crippen LogP contribution in [0.2, 0.25) is 0 Å². The van der Waals surface area contributed by atoms with Gasteiger partial charge >= 0.3 is 0 Å². The van der Waals surface area contributed by atoms with E-state index in [1.54, 1.807) is 14.2 Å². The zero-order valence-corrected chi connectivity index (χ0v) is 10.3. The van der Waals surface area contributed by atoms with Crippen LogP contribution in [-0.2, 0) is 0 Å². The maximum Gasteiger partial charge on any atom is 0.162 e. The van der Waals surface area contributed by atoms with Crippen molar-refractivity contribution < 1.29 is 9.47 Å². The van der Waals surface area contributed by atoms with Crippen molar-refractivity contribution in [2.24, 2.45) is 0 Å². The average Bonchev–Trinajstić information content (AvgIpc) is 2.39. The van der Waals surface area contributed by atoms with Gasteiger partial charge in [-0.05, 0) is 0 Å². The molecule has 2 rings (SSSR count). The number of methoxy groups -OCH3 is 2. The van der Waals surface area contributed by atoms with Crippen LogP contribution < -0.4 is 25.4 Å². The van der Waals surface area contributed by atoms with E-state index >= 15 is 0 Å². The second kappa shape index (κ2) is 5.14. The van der Waals surface area contributed by atoms with Crippen LogP contribution in [0.3, 0.4) is 0 Å². The number of hydrogen-bond donors (Lipinski definition) is 2. The van der Waals surface area contributed by atoms with Crippen LogP contribution in [0, 0.1) is 0 Å². The van der Waals surface area contributed by atoms with Crippen LogP contribution in [0.1, 0.15) is 0 Å². The van der Waals surface area contributed by atoms with Gasteiger partial charge in [0, 0.05) is 38.3 Å². The van der Waals surface area contributed by atoms with Gasteiger partial charge in [-0.15, -0.1) is 0 Å². The molecule has 1 saturated heterocycles. The topological polar surface area (TPSA) is 59.8 Å². The van der Waals surface area contributed by atoms with Gasteiger partial charge in [0.25, 0.3) is 0 Å². The van der Waals surface area contributed by atoms with E-state index < -0.39 is 0 Å². The summed E-state index contributed by atoms with van der Waals surface area (Å²) in [6.07, 6.45) is 0. The molecule has 1 aromatic rings. The number of anilines is 2. The number of nitrogens with zero attached hydrogens (tertiary/aromatic N) is 1. The lowest BCUT2D eigenvalue weighted by Gasteiger charge is -2.30. The highest BCUT2D eigenvalue weighted by molar-refractivity contribution is 5.73. The van der Waals surface area contributed by atoms with Crippen LogP contribution in [0.25, 0.3) is 0 Å². The minimum Gasteiger partial charge on any atom is -0.493 e. The molecule has 1 aromatic carbocycles. The number of benzene rings is 1. The molecule has 0 bridgehead atoms. The van der Waals surface area contributed by atoms with E-state index in [-0.39, 0.29) is 0 Å². The number of piperazine rings is 1. The third-order valence-electron chi connectivity index (χ3n) is 2.99. The summed E-state index contributed by atoms with van der Waals surface area (Å²) < 4.78 is 10.5. The fourth-order valence-corrected chi connectivity index (χ4v) is 2.06. The van der Waals surface area contributed by atoms with Gasteiger partial charge in [-0.1, -0.05) is 0 Å². The Kier molecular flexibility index (Phi) is 3.58. The molecule has 0 amide bonds. The van der Waals surface area contributed by atoms with Crippen molar-refractivity contribution in [2.45, 2.75) is 0 Å². The first-order valence-corrected chi connectivity index (χ1v) is 5.73. The number of rotatable bonds is 3. The van der Waals surface area contributed by atoms with E-state index in [1.807, 2.05) is 12.1 Å². The Hall–Kier alpha value is -1.62. The molecule has 0 atom stereocenters. The average molecular weight is 237 g/mol. The standard InChI is InChI=1S/C12H19N3O2/c1-16-11-7-9(13)10(8-12(11)17-2)15-5-3-14-4-6-15/h7-8,14H,3-6,13H2,1-2H3. The fourth-order valence-electron chi connectivity index (χ4n) is 2.06. The molecule has 0 aliphatic carbocycles. The van der Waals surface area contributed by atoms with E-state index in [9.17, 15) is 0 Å². The molecule has 0 saturated carbocycles. The van der Waals surface area contributed by atoms with Gasteiger partial charge < -0.3 is 25.4 Å². The van der Waals surface area contributed by atoms with E-state index in [1.165, 1.54) is 0 Å². The molecule has 5 nitrogen and oxygen atoms in total. The molecule has 94 valence electrons. The van der Waals surface area contributed by atoms with Crippen LogP contribution in [0.4, 0.5) is 11.4 Å². The van der Waals surface area contributed by atoms with E-state index in [0.29, 0.717) is 5.75 Å². The lowest BCUT2D eigenvalue weighted by molar-refractivity contribution is 0.355. The van der Waals surface area contributed by atoms with Crippen molar-refractivity contribution >= 4 is 11.4 Å². The number of nitrogens with one attached hydrogen (secondary N) is 1. The Bertz CT molecular complexity index is 390. The van der Waals surface area contributed by atoms with Gasteiger partial charge in [-0.3, -0.25) is 0 Å². The van der Waals surface area contributed by atoms with Gasteiger partial charge in [0.15, 0.2) is 11.5 Å². The summed E-state index contributed by atoms with van der Waals surface area (Å²) in [7, 11) is 3.25. The van der Waals surface area contributed by atoms with Crippen molar-refractivity contribution in [2.75, 3.05) is 51.0 Å². The first kappa shape index (κ1) is 11.9. The normalized spacial score (nSPS) is 15.8. The number of hydrogen-bond acceptors (Lipinski definition) is 5. The molecule has 1 fully saturated rings. The second-order valence-electron chi connectivity index (χ2n) is 4.00. The SMILES string of the molecule is COc1cc(N)c(N2CCNCC2)cc1OC. The Morgan fingerprint density at radius 2 is 1.71 bits per heavy atom. The Morgan fingerprint density at radius 3 is 2.29 bits per heavy atom. The first-order chi connectivity index (χ1) is 8.26. The summed E-state index contributed by atoms with van der Waals surface area (Å²) in [5.74, 6) is 1.39. The molecule has 0 aromatic heterocycles. The number of ether oxygens (including phenoxy) is 2. The molecule has 1 aliphatic heterocycles. The Labute approximate surface area is 101 Å². The van der Waals surface area contributed by atoms with Gasteiger partial charge in [0.05, 0.1) is 25.6 Å². The van der Waals surface area contributed by atoms with Crippen molar-refractivity contribution in [1.82, 2.24) is 5.32 Å². The zero-order chi connectivity index (χ0) is 12.3. The quantitative estimate of drug-likeness (QED) is 0.758. The van der Waals surface area contributed by atoms with Gasteiger partial charge in [0.2, 0.25) is 0 Å². The van der Waals surface area contributed by atoms with Crippen LogP contribution in [-0.4, -0.2) is 40.4 Å². The summed E-state index contributed by atoms with van der Waals surface area (Å²) >= 11 is 0. The molecule has 17 heavy (non-hydrogen) atoms. The van der Waals surface area contributed by atoms with Crippen molar-refractivity contribution in [3.8, 4) is 11.5 Å². The maximum absolute atomic E-state index is 6.05. The van der Waals surface area contributed by atoms with Gasteiger partial charge in [-0.2, -0.15) is 0 Å². The highest BCUT2D eigenvalue weighted by Gasteiger charge is 2.16. The largest absolute Gasteiger partial charge is 0.493 e. The fraction of sp³-hybridized carbons (Fsp3) is 0.500. The summed E-state index contributed by atoms with van der Waals surface area (Å²) in [6, 6.07) is 3.76. The summed E-state index contributed by atoms with van der Waals surface area (Å²) in [5, 5.41) is 3.32. The predicted molar refractivity (Wildman–Crippen MR) is 69.0 cm³/mol. The molecule has 3 N–H and O–H groups in total. The minimum absolute atomic E-state index is 0.670. The van der Waals surface area contributed by atoms with Crippen molar-refractivity contribution in [1.29, 1.82) is 0 Å². The van der Waals surface area contributed by atoms with Crippen LogP contribution in [0.15, 0.2) is 12.1 Å². The Morgan fingerprint density at radius 1 is 1.12 bits per heavy atom. The predicted octanol–water partition coefficient (Wildman–Crippen LogP) is 0.696. The minimum atomic E-state index is 0.670. The molecule has 1 aliphatic rings. The molecule has 0 radical (unpaired) electrons. The molecule has 1 heterocycles. The lowest BCUT2D eigenvalue weighted by atomic mass is 10.2. The molecule has 0 spiro atoms. The van der Waals surface area contributed by atoms with E-state index in [4.69, 9.17) is 15.2 Å². The summed E-state index contributed by atoms with van der Waals surface area (Å²) in [4.78, 5) is 2.26. The third-order valence-corrected chi connectivity index (χ3v) is 2.99. The van der Waals surface area contributed by atoms with E-state index in [2.05, 4.69) is 10.2 Å². The van der Waals surface area contributed by atoms with Crippen molar-refractivity contribution in [3.63, 3.8) is 0 Å². The van der Waals surface area contributed by atoms with Crippen molar-refractivity contribution in [3.05, 3.63) is 12.1 Å². The molecular formula is C12H19N3O2. The highest BCUT2D eigenvalue weighted by Crippen LogP contribution is 2.36. The highest BCUT2D eigenvalue weighted by atomic mass is 16.5. The molecule has 0 unspecified atom stereocenters. The van der Waals surface area contributed by atoms with Gasteiger partial charge in [0.1, 0.15) is 0 Å². The number of nitrogen functional groups attached to an aromatic ring is 1. The summed E-state index contributed by atoms with van der Waals surface area (Å²) in [5.41, 5.74) is 7.80. The first-order valence-electron chi connectivity index (χ1n) is 5.73. The van der Waals surface area contributed by atoms with Gasteiger partial charge in [-0.25, -0.2) is 0 Å². The summed E-state index contributed by atoms with van der Waals surface area (Å²) in [6.45, 7) is 3.88. The maximum atomic E-state index is 6.05. The molecular weight excluding hydrogens is 218 g/mol. The Balaban J connectivity index is 2.32. The second-order valence-corrected chi connectivity index (χ2v) is 4.00.